The molecule has 84 valence electrons. The lowest BCUT2D eigenvalue weighted by molar-refractivity contribution is 0.427. The molecule has 1 nitrogen and oxygen atoms in total. The molecule has 0 aliphatic carbocycles. The van der Waals surface area contributed by atoms with Crippen LogP contribution in [0.5, 0.6) is 0 Å². The molecule has 0 heterocycles. The molecule has 0 unspecified atom stereocenters. The van der Waals surface area contributed by atoms with Gasteiger partial charge in [-0.3, -0.25) is 0 Å². The molecule has 0 atom stereocenters. The summed E-state index contributed by atoms with van der Waals surface area (Å²) in [6, 6.07) is 6.84. The summed E-state index contributed by atoms with van der Waals surface area (Å²) in [7, 11) is 1.91. The van der Waals surface area contributed by atoms with E-state index in [1.807, 2.05) is 18.0 Å². The molecule has 0 aliphatic heterocycles. The maximum absolute atomic E-state index is 13.5. The van der Waals surface area contributed by atoms with Gasteiger partial charge >= 0.3 is 0 Å². The van der Waals surface area contributed by atoms with Gasteiger partial charge in [-0.15, -0.1) is 0 Å². The summed E-state index contributed by atoms with van der Waals surface area (Å²) in [4.78, 5) is 1.94. The number of anilines is 1. The van der Waals surface area contributed by atoms with Crippen molar-refractivity contribution >= 4 is 18.3 Å². The van der Waals surface area contributed by atoms with Crippen molar-refractivity contribution in [2.75, 3.05) is 24.2 Å². The predicted molar refractivity (Wildman–Crippen MR) is 67.3 cm³/mol. The maximum Gasteiger partial charge on any atom is 0.146 e. The van der Waals surface area contributed by atoms with Crippen LogP contribution in [0.2, 0.25) is 0 Å². The van der Waals surface area contributed by atoms with E-state index in [9.17, 15) is 4.39 Å². The number of halogens is 1. The highest BCUT2D eigenvalue weighted by molar-refractivity contribution is 7.80. The highest BCUT2D eigenvalue weighted by atomic mass is 32.1. The molecule has 1 rings (SSSR count). The van der Waals surface area contributed by atoms with Gasteiger partial charge in [0, 0.05) is 13.6 Å². The van der Waals surface area contributed by atoms with Gasteiger partial charge in [-0.2, -0.15) is 12.6 Å². The van der Waals surface area contributed by atoms with Gasteiger partial charge in [0.1, 0.15) is 5.82 Å². The van der Waals surface area contributed by atoms with E-state index in [1.165, 1.54) is 6.07 Å². The van der Waals surface area contributed by atoms with Gasteiger partial charge in [0.15, 0.2) is 0 Å². The zero-order valence-corrected chi connectivity index (χ0v) is 10.4. The highest BCUT2D eigenvalue weighted by Crippen LogP contribution is 2.23. The molecule has 0 fully saturated rings. The summed E-state index contributed by atoms with van der Waals surface area (Å²) in [5.41, 5.74) is 0.729. The number of nitrogens with zero attached hydrogens (tertiary/aromatic N) is 1. The fourth-order valence-corrected chi connectivity index (χ4v) is 1.64. The third-order valence-electron chi connectivity index (χ3n) is 2.36. The van der Waals surface area contributed by atoms with Crippen LogP contribution >= 0.6 is 12.6 Å². The Morgan fingerprint density at radius 3 is 2.47 bits per heavy atom. The fraction of sp³-hybridized carbons (Fsp3) is 0.500. The van der Waals surface area contributed by atoms with E-state index < -0.39 is 0 Å². The first kappa shape index (κ1) is 12.4. The van der Waals surface area contributed by atoms with E-state index in [1.54, 1.807) is 12.1 Å². The Bertz CT molecular complexity index is 325. The Labute approximate surface area is 96.7 Å². The minimum absolute atomic E-state index is 0.0835. The first-order valence-corrected chi connectivity index (χ1v) is 5.66. The van der Waals surface area contributed by atoms with Crippen LogP contribution < -0.4 is 4.90 Å². The molecule has 0 bridgehead atoms. The van der Waals surface area contributed by atoms with Gasteiger partial charge in [-0.25, -0.2) is 4.39 Å². The standard InChI is InChI=1S/C12H18FNS/c1-12(2,9-15)8-14(3)11-7-5-4-6-10(11)13/h4-7,15H,8-9H2,1-3H3. The predicted octanol–water partition coefficient (Wildman–Crippen LogP) is 3.22. The summed E-state index contributed by atoms with van der Waals surface area (Å²) in [6.07, 6.45) is 0. The highest BCUT2D eigenvalue weighted by Gasteiger charge is 2.19. The smallest absolute Gasteiger partial charge is 0.146 e. The summed E-state index contributed by atoms with van der Waals surface area (Å²) in [5, 5.41) is 0. The largest absolute Gasteiger partial charge is 0.372 e. The third-order valence-corrected chi connectivity index (χ3v) is 3.21. The SMILES string of the molecule is CN(CC(C)(C)CS)c1ccccc1F. The van der Waals surface area contributed by atoms with E-state index in [4.69, 9.17) is 0 Å². The van der Waals surface area contributed by atoms with Crippen LogP contribution in [0.15, 0.2) is 24.3 Å². The normalized spacial score (nSPS) is 11.5. The minimum atomic E-state index is -0.171. The quantitative estimate of drug-likeness (QED) is 0.773. The molecule has 15 heavy (non-hydrogen) atoms. The number of benzene rings is 1. The van der Waals surface area contributed by atoms with Crippen molar-refractivity contribution in [3.05, 3.63) is 30.1 Å². The van der Waals surface area contributed by atoms with E-state index in [2.05, 4.69) is 26.5 Å². The van der Waals surface area contributed by atoms with Crippen LogP contribution in [0.3, 0.4) is 0 Å². The Kier molecular flexibility index (Phi) is 4.03. The van der Waals surface area contributed by atoms with Crippen molar-refractivity contribution in [2.45, 2.75) is 13.8 Å². The van der Waals surface area contributed by atoms with E-state index in [-0.39, 0.29) is 11.2 Å². The Balaban J connectivity index is 2.78. The van der Waals surface area contributed by atoms with Crippen molar-refractivity contribution in [1.82, 2.24) is 0 Å². The lowest BCUT2D eigenvalue weighted by Crippen LogP contribution is -2.33. The number of thiol groups is 1. The second-order valence-corrected chi connectivity index (χ2v) is 4.95. The van der Waals surface area contributed by atoms with E-state index >= 15 is 0 Å². The number of rotatable bonds is 4. The molecule has 0 radical (unpaired) electrons. The summed E-state index contributed by atoms with van der Waals surface area (Å²) >= 11 is 4.29. The monoisotopic (exact) mass is 227 g/mol. The second-order valence-electron chi connectivity index (χ2n) is 4.63. The number of hydrogen-bond donors (Lipinski definition) is 1. The summed E-state index contributed by atoms with van der Waals surface area (Å²) in [5.74, 6) is 0.612. The molecule has 0 N–H and O–H groups in total. The van der Waals surface area contributed by atoms with E-state index in [0.29, 0.717) is 5.69 Å². The van der Waals surface area contributed by atoms with Crippen LogP contribution in [0.25, 0.3) is 0 Å². The summed E-state index contributed by atoms with van der Waals surface area (Å²) in [6.45, 7) is 5.03. The molecule has 0 spiro atoms. The van der Waals surface area contributed by atoms with Crippen LogP contribution in [0.1, 0.15) is 13.8 Å². The third kappa shape index (κ3) is 3.42. The van der Waals surface area contributed by atoms with E-state index in [0.717, 1.165) is 12.3 Å². The van der Waals surface area contributed by atoms with Crippen molar-refractivity contribution in [1.29, 1.82) is 0 Å². The van der Waals surface area contributed by atoms with Crippen molar-refractivity contribution < 1.29 is 4.39 Å². The molecular weight excluding hydrogens is 209 g/mol. The van der Waals surface area contributed by atoms with Gasteiger partial charge in [0.2, 0.25) is 0 Å². The van der Waals surface area contributed by atoms with Gasteiger partial charge in [-0.05, 0) is 23.3 Å². The van der Waals surface area contributed by atoms with Gasteiger partial charge in [-0.1, -0.05) is 26.0 Å². The fourth-order valence-electron chi connectivity index (χ4n) is 1.54. The first-order valence-electron chi connectivity index (χ1n) is 5.03. The zero-order chi connectivity index (χ0) is 11.5. The average Bonchev–Trinajstić information content (AvgIpc) is 2.17. The Morgan fingerprint density at radius 1 is 1.33 bits per heavy atom. The lowest BCUT2D eigenvalue weighted by atomic mass is 9.95. The van der Waals surface area contributed by atoms with Crippen LogP contribution in [-0.2, 0) is 0 Å². The molecule has 1 aromatic carbocycles. The maximum atomic E-state index is 13.5. The first-order chi connectivity index (χ1) is 6.96. The van der Waals surface area contributed by atoms with Crippen LogP contribution in [-0.4, -0.2) is 19.3 Å². The second kappa shape index (κ2) is 4.88. The summed E-state index contributed by atoms with van der Waals surface area (Å²) < 4.78 is 13.5. The minimum Gasteiger partial charge on any atom is -0.372 e. The molecular formula is C12H18FNS. The Morgan fingerprint density at radius 2 is 1.93 bits per heavy atom. The average molecular weight is 227 g/mol. The molecule has 1 aromatic rings. The van der Waals surface area contributed by atoms with Crippen molar-refractivity contribution in [2.24, 2.45) is 5.41 Å². The van der Waals surface area contributed by atoms with Gasteiger partial charge in [0.05, 0.1) is 5.69 Å². The molecule has 0 amide bonds. The number of hydrogen-bond acceptors (Lipinski definition) is 2. The molecule has 0 saturated heterocycles. The van der Waals surface area contributed by atoms with Crippen molar-refractivity contribution in [3.8, 4) is 0 Å². The van der Waals surface area contributed by atoms with Gasteiger partial charge < -0.3 is 4.90 Å². The van der Waals surface area contributed by atoms with Crippen molar-refractivity contribution in [3.63, 3.8) is 0 Å². The van der Waals surface area contributed by atoms with Crippen LogP contribution in [0.4, 0.5) is 10.1 Å². The lowest BCUT2D eigenvalue weighted by Gasteiger charge is -2.30. The number of para-hydroxylation sites is 1. The molecule has 0 saturated carbocycles. The Hall–Kier alpha value is -0.700. The molecule has 0 aliphatic rings. The van der Waals surface area contributed by atoms with Gasteiger partial charge in [0.25, 0.3) is 0 Å². The molecule has 0 aromatic heterocycles. The topological polar surface area (TPSA) is 3.24 Å². The van der Waals surface area contributed by atoms with Crippen LogP contribution in [0, 0.1) is 11.2 Å². The molecule has 3 heteroatoms. The zero-order valence-electron chi connectivity index (χ0n) is 9.50.